The number of fused-ring (bicyclic) bond motifs is 1. The van der Waals surface area contributed by atoms with Crippen LogP contribution in [-0.4, -0.2) is 83.3 Å². The molecule has 1 saturated carbocycles. The number of likely N-dealkylation sites (tertiary alicyclic amines) is 1. The van der Waals surface area contributed by atoms with Gasteiger partial charge in [-0.15, -0.1) is 0 Å². The molecule has 0 spiro atoms. The summed E-state index contributed by atoms with van der Waals surface area (Å²) in [6, 6.07) is 13.8. The Labute approximate surface area is 243 Å². The van der Waals surface area contributed by atoms with Crippen LogP contribution in [0.2, 0.25) is 0 Å². The van der Waals surface area contributed by atoms with E-state index in [2.05, 4.69) is 15.5 Å². The molecule has 4 amide bonds. The maximum absolute atomic E-state index is 13.3. The summed E-state index contributed by atoms with van der Waals surface area (Å²) in [5.41, 5.74) is 2.07. The van der Waals surface area contributed by atoms with Gasteiger partial charge in [-0.25, -0.2) is 0 Å². The van der Waals surface area contributed by atoms with E-state index in [9.17, 15) is 24.0 Å². The molecule has 3 heterocycles. The summed E-state index contributed by atoms with van der Waals surface area (Å²) in [5, 5.41) is 5.62. The number of hydrogen-bond donors (Lipinski definition) is 2. The van der Waals surface area contributed by atoms with Crippen LogP contribution in [-0.2, 0) is 30.5 Å². The van der Waals surface area contributed by atoms with Crippen molar-refractivity contribution in [1.82, 2.24) is 15.1 Å². The van der Waals surface area contributed by atoms with Crippen LogP contribution >= 0.6 is 0 Å². The average molecular weight is 575 g/mol. The van der Waals surface area contributed by atoms with Gasteiger partial charge in [-0.05, 0) is 49.8 Å². The van der Waals surface area contributed by atoms with E-state index < -0.39 is 29.7 Å². The zero-order valence-electron chi connectivity index (χ0n) is 23.3. The van der Waals surface area contributed by atoms with E-state index in [4.69, 9.17) is 9.47 Å². The molecule has 220 valence electrons. The molecular weight excluding hydrogens is 540 g/mol. The molecule has 42 heavy (non-hydrogen) atoms. The van der Waals surface area contributed by atoms with Gasteiger partial charge in [-0.2, -0.15) is 0 Å². The van der Waals surface area contributed by atoms with Crippen molar-refractivity contribution in [3.63, 3.8) is 0 Å². The zero-order chi connectivity index (χ0) is 29.2. The first-order chi connectivity index (χ1) is 20.4. The lowest BCUT2D eigenvalue weighted by atomic mass is 9.88. The molecule has 1 atom stereocenters. The Morgan fingerprint density at radius 1 is 0.905 bits per heavy atom. The van der Waals surface area contributed by atoms with E-state index in [1.807, 2.05) is 30.3 Å². The van der Waals surface area contributed by atoms with E-state index in [1.54, 1.807) is 18.2 Å². The van der Waals surface area contributed by atoms with Crippen LogP contribution < -0.4 is 10.6 Å². The standard InChI is InChI=1S/C31H34N4O7/c36-26-10-9-25(29(38)33-26)35-30(39)23-7-4-8-24(28(23)31(35)40)32-20-15-22(16-20)42-21-11-13-34(14-12-21)17-27(37)41-18-19-5-2-1-3-6-19/h1-8,20-22,25,32H,9-18H2,(H,33,36,38)/t20-,22-,25?. The maximum atomic E-state index is 13.3. The molecule has 0 aromatic heterocycles. The van der Waals surface area contributed by atoms with Gasteiger partial charge >= 0.3 is 5.97 Å². The summed E-state index contributed by atoms with van der Waals surface area (Å²) >= 11 is 0. The predicted molar refractivity (Wildman–Crippen MR) is 150 cm³/mol. The van der Waals surface area contributed by atoms with Gasteiger partial charge in [0.25, 0.3) is 11.8 Å². The van der Waals surface area contributed by atoms with Crippen molar-refractivity contribution in [2.75, 3.05) is 25.0 Å². The number of benzene rings is 2. The highest BCUT2D eigenvalue weighted by Crippen LogP contribution is 2.35. The molecule has 6 rings (SSSR count). The Bertz CT molecular complexity index is 1380. The highest BCUT2D eigenvalue weighted by molar-refractivity contribution is 6.25. The smallest absolute Gasteiger partial charge is 0.320 e. The van der Waals surface area contributed by atoms with Crippen molar-refractivity contribution in [1.29, 1.82) is 0 Å². The van der Waals surface area contributed by atoms with E-state index in [-0.39, 0.29) is 61.3 Å². The Morgan fingerprint density at radius 2 is 1.67 bits per heavy atom. The number of carbonyl (C=O) groups is 5. The molecule has 3 fully saturated rings. The third-order valence-electron chi connectivity index (χ3n) is 8.44. The first kappa shape index (κ1) is 28.0. The lowest BCUT2D eigenvalue weighted by Gasteiger charge is -2.40. The summed E-state index contributed by atoms with van der Waals surface area (Å²) in [5.74, 6) is -2.28. The summed E-state index contributed by atoms with van der Waals surface area (Å²) in [4.78, 5) is 65.6. The number of rotatable bonds is 9. The summed E-state index contributed by atoms with van der Waals surface area (Å²) in [6.07, 6.45) is 3.68. The molecule has 2 N–H and O–H groups in total. The number of ether oxygens (including phenoxy) is 2. The maximum Gasteiger partial charge on any atom is 0.320 e. The van der Waals surface area contributed by atoms with Gasteiger partial charge < -0.3 is 14.8 Å². The van der Waals surface area contributed by atoms with Crippen molar-refractivity contribution in [2.24, 2.45) is 0 Å². The monoisotopic (exact) mass is 574 g/mol. The average Bonchev–Trinajstić information content (AvgIpc) is 3.22. The number of imide groups is 2. The second-order valence-corrected chi connectivity index (χ2v) is 11.4. The fourth-order valence-electron chi connectivity index (χ4n) is 6.09. The van der Waals surface area contributed by atoms with Gasteiger partial charge in [0.2, 0.25) is 11.8 Å². The first-order valence-corrected chi connectivity index (χ1v) is 14.5. The largest absolute Gasteiger partial charge is 0.460 e. The van der Waals surface area contributed by atoms with Crippen molar-refractivity contribution in [3.05, 3.63) is 65.2 Å². The molecule has 0 bridgehead atoms. The van der Waals surface area contributed by atoms with Crippen molar-refractivity contribution >= 4 is 35.3 Å². The lowest BCUT2D eigenvalue weighted by molar-refractivity contribution is -0.147. The molecule has 3 aliphatic heterocycles. The van der Waals surface area contributed by atoms with Crippen LogP contribution in [0.3, 0.4) is 0 Å². The van der Waals surface area contributed by atoms with Crippen molar-refractivity contribution in [2.45, 2.75) is 69.4 Å². The molecule has 11 heteroatoms. The minimum absolute atomic E-state index is 0.0820. The first-order valence-electron chi connectivity index (χ1n) is 14.5. The van der Waals surface area contributed by atoms with Gasteiger partial charge in [0.05, 0.1) is 29.9 Å². The highest BCUT2D eigenvalue weighted by Gasteiger charge is 2.46. The lowest BCUT2D eigenvalue weighted by Crippen LogP contribution is -2.54. The Hall–Kier alpha value is -4.09. The molecule has 2 aromatic rings. The molecule has 11 nitrogen and oxygen atoms in total. The Morgan fingerprint density at radius 3 is 2.40 bits per heavy atom. The minimum Gasteiger partial charge on any atom is -0.460 e. The zero-order valence-corrected chi connectivity index (χ0v) is 23.3. The van der Waals surface area contributed by atoms with E-state index in [0.29, 0.717) is 5.69 Å². The number of piperidine rings is 2. The van der Waals surface area contributed by atoms with E-state index in [1.165, 1.54) is 0 Å². The van der Waals surface area contributed by atoms with Crippen LogP contribution in [0.15, 0.2) is 48.5 Å². The Kier molecular flexibility index (Phi) is 8.03. The molecule has 2 saturated heterocycles. The number of nitrogens with zero attached hydrogens (tertiary/aromatic N) is 2. The third-order valence-corrected chi connectivity index (χ3v) is 8.44. The van der Waals surface area contributed by atoms with E-state index >= 15 is 0 Å². The van der Waals surface area contributed by atoms with E-state index in [0.717, 1.165) is 49.2 Å². The fraction of sp³-hybridized carbons (Fsp3) is 0.452. The van der Waals surface area contributed by atoms with Gasteiger partial charge in [0, 0.05) is 31.2 Å². The number of nitrogens with one attached hydrogen (secondary N) is 2. The summed E-state index contributed by atoms with van der Waals surface area (Å²) in [7, 11) is 0. The van der Waals surface area contributed by atoms with Crippen LogP contribution in [0.5, 0.6) is 0 Å². The van der Waals surface area contributed by atoms with Crippen molar-refractivity contribution < 1.29 is 33.4 Å². The molecule has 1 aliphatic carbocycles. The topological polar surface area (TPSA) is 134 Å². The SMILES string of the molecule is O=C1CCC(N2C(=O)c3cccc(N[C@H]4C[C@H](OC5CCN(CC(=O)OCc6ccccc6)CC5)C4)c3C2=O)C(=O)N1. The van der Waals surface area contributed by atoms with Crippen molar-refractivity contribution in [3.8, 4) is 0 Å². The Balaban J connectivity index is 0.946. The predicted octanol–water partition coefficient (Wildman–Crippen LogP) is 2.26. The molecule has 1 unspecified atom stereocenters. The molecule has 0 radical (unpaired) electrons. The van der Waals surface area contributed by atoms with Crippen LogP contribution in [0, 0.1) is 0 Å². The van der Waals surface area contributed by atoms with Gasteiger partial charge in [0.1, 0.15) is 12.6 Å². The number of esters is 1. The quantitative estimate of drug-likeness (QED) is 0.342. The normalized spacial score (nSPS) is 24.7. The fourth-order valence-corrected chi connectivity index (χ4v) is 6.09. The molecule has 2 aromatic carbocycles. The summed E-state index contributed by atoms with van der Waals surface area (Å²) in [6.45, 7) is 2.11. The van der Waals surface area contributed by atoms with Crippen LogP contribution in [0.25, 0.3) is 0 Å². The van der Waals surface area contributed by atoms with Crippen LogP contribution in [0.4, 0.5) is 5.69 Å². The van der Waals surface area contributed by atoms with Gasteiger partial charge in [0.15, 0.2) is 0 Å². The van der Waals surface area contributed by atoms with Gasteiger partial charge in [-0.1, -0.05) is 36.4 Å². The molecule has 4 aliphatic rings. The molecular formula is C31H34N4O7. The van der Waals surface area contributed by atoms with Gasteiger partial charge in [-0.3, -0.25) is 39.1 Å². The highest BCUT2D eigenvalue weighted by atomic mass is 16.5. The minimum atomic E-state index is -0.990. The number of carbonyl (C=O) groups excluding carboxylic acids is 5. The third kappa shape index (κ3) is 5.93. The number of anilines is 1. The summed E-state index contributed by atoms with van der Waals surface area (Å²) < 4.78 is 11.7. The number of hydrogen-bond acceptors (Lipinski definition) is 9. The second-order valence-electron chi connectivity index (χ2n) is 11.4. The number of amides is 4. The second kappa shape index (κ2) is 12.0. The van der Waals surface area contributed by atoms with Crippen LogP contribution in [0.1, 0.15) is 64.8 Å².